The first-order chi connectivity index (χ1) is 6.86. The van der Waals surface area contributed by atoms with Crippen LogP contribution in [-0.4, -0.2) is 9.78 Å². The molecule has 0 atom stereocenters. The van der Waals surface area contributed by atoms with E-state index < -0.39 is 0 Å². The van der Waals surface area contributed by atoms with E-state index in [4.69, 9.17) is 5.73 Å². The van der Waals surface area contributed by atoms with Crippen LogP contribution < -0.4 is 5.73 Å². The van der Waals surface area contributed by atoms with Crippen molar-refractivity contribution in [3.63, 3.8) is 0 Å². The molecule has 1 aromatic rings. The number of rotatable bonds is 3. The highest BCUT2D eigenvalue weighted by Crippen LogP contribution is 2.31. The van der Waals surface area contributed by atoms with Crippen molar-refractivity contribution in [1.29, 1.82) is 0 Å². The van der Waals surface area contributed by atoms with Gasteiger partial charge in [0.15, 0.2) is 0 Å². The molecule has 15 heavy (non-hydrogen) atoms. The first-order valence-electron chi connectivity index (χ1n) is 5.74. The number of hydrogen-bond donors (Lipinski definition) is 1. The molecule has 0 unspecified atom stereocenters. The fraction of sp³-hybridized carbons (Fsp3) is 0.750. The second kappa shape index (κ2) is 4.25. The molecule has 0 aliphatic rings. The maximum Gasteiger partial charge on any atom is 0.125 e. The summed E-state index contributed by atoms with van der Waals surface area (Å²) in [7, 11) is 0. The molecule has 0 aromatic carbocycles. The molecule has 0 saturated carbocycles. The van der Waals surface area contributed by atoms with Crippen LogP contribution in [0.15, 0.2) is 0 Å². The SMILES string of the molecule is CC(C)c1nn(C(C)C)c(N)c1C(C)C. The van der Waals surface area contributed by atoms with Gasteiger partial charge in [-0.25, -0.2) is 4.68 Å². The lowest BCUT2D eigenvalue weighted by atomic mass is 9.97. The standard InChI is InChI=1S/C12H23N3/c1-7(2)10-11(8(3)4)14-15(9(5)6)12(10)13/h7-9H,13H2,1-6H3. The van der Waals surface area contributed by atoms with Crippen LogP contribution in [0.1, 0.15) is 70.7 Å². The van der Waals surface area contributed by atoms with Crippen molar-refractivity contribution in [1.82, 2.24) is 9.78 Å². The fourth-order valence-corrected chi connectivity index (χ4v) is 1.89. The molecule has 0 aliphatic carbocycles. The number of hydrogen-bond acceptors (Lipinski definition) is 2. The van der Waals surface area contributed by atoms with E-state index in [9.17, 15) is 0 Å². The van der Waals surface area contributed by atoms with Crippen LogP contribution >= 0.6 is 0 Å². The number of anilines is 1. The molecule has 0 fully saturated rings. The van der Waals surface area contributed by atoms with Gasteiger partial charge in [0.1, 0.15) is 5.82 Å². The van der Waals surface area contributed by atoms with E-state index in [1.165, 1.54) is 5.56 Å². The molecule has 0 bridgehead atoms. The third-order valence-corrected chi connectivity index (χ3v) is 2.63. The molecule has 0 amide bonds. The third-order valence-electron chi connectivity index (χ3n) is 2.63. The van der Waals surface area contributed by atoms with Crippen molar-refractivity contribution in [2.24, 2.45) is 0 Å². The summed E-state index contributed by atoms with van der Waals surface area (Å²) in [6, 6.07) is 0.329. The van der Waals surface area contributed by atoms with Crippen LogP contribution in [0.3, 0.4) is 0 Å². The average molecular weight is 209 g/mol. The summed E-state index contributed by atoms with van der Waals surface area (Å²) in [6.45, 7) is 12.9. The van der Waals surface area contributed by atoms with E-state index in [1.807, 2.05) is 4.68 Å². The van der Waals surface area contributed by atoms with E-state index in [0.29, 0.717) is 17.9 Å². The van der Waals surface area contributed by atoms with Gasteiger partial charge < -0.3 is 5.73 Å². The minimum absolute atomic E-state index is 0.329. The molecule has 1 rings (SSSR count). The normalized spacial score (nSPS) is 12.1. The monoisotopic (exact) mass is 209 g/mol. The Hall–Kier alpha value is -0.990. The number of nitrogen functional groups attached to an aromatic ring is 1. The summed E-state index contributed by atoms with van der Waals surface area (Å²) in [5.41, 5.74) is 8.51. The van der Waals surface area contributed by atoms with Crippen molar-refractivity contribution in [2.45, 2.75) is 59.4 Å². The molecule has 2 N–H and O–H groups in total. The molecule has 0 spiro atoms. The van der Waals surface area contributed by atoms with Crippen molar-refractivity contribution >= 4 is 5.82 Å². The quantitative estimate of drug-likeness (QED) is 0.830. The molecule has 0 radical (unpaired) electrons. The van der Waals surface area contributed by atoms with Gasteiger partial charge in [-0.2, -0.15) is 5.10 Å². The third kappa shape index (κ3) is 2.16. The van der Waals surface area contributed by atoms with Gasteiger partial charge in [0.05, 0.1) is 5.69 Å². The molecule has 0 aliphatic heterocycles. The van der Waals surface area contributed by atoms with E-state index in [1.54, 1.807) is 0 Å². The largest absolute Gasteiger partial charge is 0.384 e. The molecule has 0 saturated heterocycles. The van der Waals surface area contributed by atoms with E-state index in [0.717, 1.165) is 11.5 Å². The predicted molar refractivity (Wildman–Crippen MR) is 65.2 cm³/mol. The summed E-state index contributed by atoms with van der Waals surface area (Å²) in [5.74, 6) is 1.71. The molecule has 86 valence electrons. The Morgan fingerprint density at radius 3 is 1.80 bits per heavy atom. The van der Waals surface area contributed by atoms with Gasteiger partial charge >= 0.3 is 0 Å². The molecule has 1 heterocycles. The lowest BCUT2D eigenvalue weighted by Gasteiger charge is -2.10. The summed E-state index contributed by atoms with van der Waals surface area (Å²) in [6.07, 6.45) is 0. The summed E-state index contributed by atoms with van der Waals surface area (Å²) in [5, 5.41) is 4.62. The second-order valence-electron chi connectivity index (χ2n) is 5.03. The van der Waals surface area contributed by atoms with Gasteiger partial charge in [-0.1, -0.05) is 27.7 Å². The van der Waals surface area contributed by atoms with Crippen LogP contribution in [0.25, 0.3) is 0 Å². The van der Waals surface area contributed by atoms with E-state index in [2.05, 4.69) is 46.6 Å². The lowest BCUT2D eigenvalue weighted by Crippen LogP contribution is -2.07. The second-order valence-corrected chi connectivity index (χ2v) is 5.03. The van der Waals surface area contributed by atoms with Crippen molar-refractivity contribution in [3.8, 4) is 0 Å². The van der Waals surface area contributed by atoms with Gasteiger partial charge in [0.25, 0.3) is 0 Å². The molecular formula is C12H23N3. The van der Waals surface area contributed by atoms with Crippen molar-refractivity contribution in [2.75, 3.05) is 5.73 Å². The smallest absolute Gasteiger partial charge is 0.125 e. The molecule has 3 heteroatoms. The van der Waals surface area contributed by atoms with Gasteiger partial charge in [0, 0.05) is 11.6 Å². The molecule has 3 nitrogen and oxygen atoms in total. The maximum absolute atomic E-state index is 6.14. The maximum atomic E-state index is 6.14. The summed E-state index contributed by atoms with van der Waals surface area (Å²) >= 11 is 0. The van der Waals surface area contributed by atoms with Gasteiger partial charge in [-0.05, 0) is 25.7 Å². The van der Waals surface area contributed by atoms with E-state index >= 15 is 0 Å². The highest BCUT2D eigenvalue weighted by Gasteiger charge is 2.21. The number of nitrogens with two attached hydrogens (primary N) is 1. The van der Waals surface area contributed by atoms with Crippen LogP contribution in [0.2, 0.25) is 0 Å². The van der Waals surface area contributed by atoms with Crippen LogP contribution in [0, 0.1) is 0 Å². The first kappa shape index (κ1) is 12.1. The Morgan fingerprint density at radius 2 is 1.53 bits per heavy atom. The Labute approximate surface area is 92.7 Å². The highest BCUT2D eigenvalue weighted by atomic mass is 15.3. The van der Waals surface area contributed by atoms with Crippen molar-refractivity contribution in [3.05, 3.63) is 11.3 Å². The lowest BCUT2D eigenvalue weighted by molar-refractivity contribution is 0.530. The number of aromatic nitrogens is 2. The van der Waals surface area contributed by atoms with Crippen LogP contribution in [0.4, 0.5) is 5.82 Å². The van der Waals surface area contributed by atoms with Gasteiger partial charge in [-0.3, -0.25) is 0 Å². The van der Waals surface area contributed by atoms with Gasteiger partial charge in [-0.15, -0.1) is 0 Å². The summed E-state index contributed by atoms with van der Waals surface area (Å²) < 4.78 is 1.94. The molecule has 1 aromatic heterocycles. The zero-order valence-corrected chi connectivity index (χ0v) is 10.7. The summed E-state index contributed by atoms with van der Waals surface area (Å²) in [4.78, 5) is 0. The van der Waals surface area contributed by atoms with Gasteiger partial charge in [0.2, 0.25) is 0 Å². The predicted octanol–water partition coefficient (Wildman–Crippen LogP) is 3.29. The average Bonchev–Trinajstić information content (AvgIpc) is 2.42. The first-order valence-corrected chi connectivity index (χ1v) is 5.74. The Morgan fingerprint density at radius 1 is 1.00 bits per heavy atom. The zero-order chi connectivity index (χ0) is 11.7. The molecular weight excluding hydrogens is 186 g/mol. The van der Waals surface area contributed by atoms with E-state index in [-0.39, 0.29) is 0 Å². The number of nitrogens with zero attached hydrogens (tertiary/aromatic N) is 2. The Bertz CT molecular complexity index is 335. The fourth-order valence-electron chi connectivity index (χ4n) is 1.89. The van der Waals surface area contributed by atoms with Crippen LogP contribution in [0.5, 0.6) is 0 Å². The van der Waals surface area contributed by atoms with Crippen molar-refractivity contribution < 1.29 is 0 Å². The minimum atomic E-state index is 0.329. The Kier molecular flexibility index (Phi) is 3.42. The topological polar surface area (TPSA) is 43.8 Å². The minimum Gasteiger partial charge on any atom is -0.384 e. The Balaban J connectivity index is 3.33. The highest BCUT2D eigenvalue weighted by molar-refractivity contribution is 5.47. The zero-order valence-electron chi connectivity index (χ0n) is 10.7. The van der Waals surface area contributed by atoms with Crippen LogP contribution in [-0.2, 0) is 0 Å².